The zero-order valence-electron chi connectivity index (χ0n) is 17.7. The Labute approximate surface area is 193 Å². The molecule has 2 aromatic rings. The van der Waals surface area contributed by atoms with Crippen molar-refractivity contribution in [3.8, 4) is 0 Å². The number of nitrogens with one attached hydrogen (secondary N) is 2. The van der Waals surface area contributed by atoms with Crippen LogP contribution in [0.4, 0.5) is 5.69 Å². The van der Waals surface area contributed by atoms with Crippen molar-refractivity contribution in [2.75, 3.05) is 18.0 Å². The number of carbonyl (C=O) groups is 4. The fraction of sp³-hybridized carbons (Fsp3) is 0.350. The van der Waals surface area contributed by atoms with Crippen LogP contribution in [-0.4, -0.2) is 58.3 Å². The van der Waals surface area contributed by atoms with Crippen LogP contribution in [0.25, 0.3) is 11.0 Å². The Balaban J connectivity index is 0.000000357. The summed E-state index contributed by atoms with van der Waals surface area (Å²) < 4.78 is 4.99. The van der Waals surface area contributed by atoms with Crippen LogP contribution >= 0.6 is 12.6 Å². The van der Waals surface area contributed by atoms with Gasteiger partial charge in [0.05, 0.1) is 0 Å². The van der Waals surface area contributed by atoms with E-state index in [2.05, 4.69) is 23.3 Å². The molecule has 33 heavy (non-hydrogen) atoms. The predicted octanol–water partition coefficient (Wildman–Crippen LogP) is -0.522. The number of hydrogen-bond donors (Lipinski definition) is 7. The van der Waals surface area contributed by atoms with Crippen molar-refractivity contribution < 1.29 is 33.8 Å². The molecule has 0 aliphatic rings. The van der Waals surface area contributed by atoms with Gasteiger partial charge in [-0.2, -0.15) is 12.6 Å². The number of rotatable bonds is 9. The lowest BCUT2D eigenvalue weighted by molar-refractivity contribution is -0.139. The smallest absolute Gasteiger partial charge is 0.336 e. The molecule has 0 spiro atoms. The molecule has 12 nitrogen and oxygen atoms in total. The van der Waals surface area contributed by atoms with Gasteiger partial charge in [-0.05, 0) is 31.0 Å². The fourth-order valence-corrected chi connectivity index (χ4v) is 2.76. The molecule has 1 aromatic carbocycles. The normalized spacial score (nSPS) is 12.1. The maximum atomic E-state index is 11.5. The molecule has 0 radical (unpaired) electrons. The van der Waals surface area contributed by atoms with E-state index in [0.717, 1.165) is 10.9 Å². The van der Waals surface area contributed by atoms with Gasteiger partial charge in [0.25, 0.3) is 0 Å². The van der Waals surface area contributed by atoms with Crippen LogP contribution in [0, 0.1) is 6.92 Å². The zero-order valence-corrected chi connectivity index (χ0v) is 18.6. The molecule has 0 saturated carbocycles. The second-order valence-corrected chi connectivity index (χ2v) is 7.27. The van der Waals surface area contributed by atoms with Gasteiger partial charge in [0.2, 0.25) is 11.8 Å². The number of hydrogen-bond acceptors (Lipinski definition) is 9. The minimum Gasteiger partial charge on any atom is -0.480 e. The molecule has 2 rings (SSSR count). The van der Waals surface area contributed by atoms with E-state index in [9.17, 15) is 24.0 Å². The van der Waals surface area contributed by atoms with Crippen LogP contribution in [0.3, 0.4) is 0 Å². The number of anilines is 1. The van der Waals surface area contributed by atoms with Crippen LogP contribution in [0.2, 0.25) is 0 Å². The van der Waals surface area contributed by atoms with Gasteiger partial charge in [0.1, 0.15) is 24.2 Å². The Bertz CT molecular complexity index is 1070. The highest BCUT2D eigenvalue weighted by Gasteiger charge is 2.20. The fourth-order valence-electron chi connectivity index (χ4n) is 2.50. The summed E-state index contributed by atoms with van der Waals surface area (Å²) in [5, 5.41) is 22.3. The Hall–Kier alpha value is -3.58. The summed E-state index contributed by atoms with van der Waals surface area (Å²) in [5.41, 5.74) is 12.5. The molecule has 0 saturated heterocycles. The number of amides is 2. The van der Waals surface area contributed by atoms with Crippen LogP contribution in [0.5, 0.6) is 0 Å². The summed E-state index contributed by atoms with van der Waals surface area (Å²) in [7, 11) is 0. The largest absolute Gasteiger partial charge is 0.480 e. The van der Waals surface area contributed by atoms with E-state index in [0.29, 0.717) is 11.3 Å². The maximum absolute atomic E-state index is 11.5. The summed E-state index contributed by atoms with van der Waals surface area (Å²) >= 11 is 3.87. The van der Waals surface area contributed by atoms with Crippen molar-refractivity contribution >= 4 is 53.0 Å². The van der Waals surface area contributed by atoms with Crippen molar-refractivity contribution in [1.29, 1.82) is 0 Å². The van der Waals surface area contributed by atoms with E-state index in [-0.39, 0.29) is 24.2 Å². The molecule has 0 aliphatic heterocycles. The van der Waals surface area contributed by atoms with Crippen molar-refractivity contribution in [3.63, 3.8) is 0 Å². The minimum absolute atomic E-state index is 0.0256. The van der Waals surface area contributed by atoms with Gasteiger partial charge in [-0.1, -0.05) is 0 Å². The van der Waals surface area contributed by atoms with Crippen LogP contribution < -0.4 is 27.7 Å². The van der Waals surface area contributed by atoms with Gasteiger partial charge in [-0.15, -0.1) is 0 Å². The lowest BCUT2D eigenvalue weighted by Gasteiger charge is -2.16. The molecular weight excluding hydrogens is 456 g/mol. The molecule has 0 fully saturated rings. The second-order valence-electron chi connectivity index (χ2n) is 6.90. The third-order valence-corrected chi connectivity index (χ3v) is 4.59. The molecule has 2 amide bonds. The molecule has 180 valence electrons. The van der Waals surface area contributed by atoms with E-state index in [1.54, 1.807) is 12.1 Å². The van der Waals surface area contributed by atoms with Gasteiger partial charge < -0.3 is 36.7 Å². The number of nitrogen functional groups attached to an aromatic ring is 1. The highest BCUT2D eigenvalue weighted by Crippen LogP contribution is 2.18. The summed E-state index contributed by atoms with van der Waals surface area (Å²) in [4.78, 5) is 54.8. The molecule has 8 N–H and O–H groups in total. The van der Waals surface area contributed by atoms with Gasteiger partial charge >= 0.3 is 17.6 Å². The zero-order chi connectivity index (χ0) is 25.1. The molecule has 13 heteroatoms. The highest BCUT2D eigenvalue weighted by molar-refractivity contribution is 7.80. The van der Waals surface area contributed by atoms with Crippen molar-refractivity contribution in [2.45, 2.75) is 31.8 Å². The van der Waals surface area contributed by atoms with Gasteiger partial charge in [-0.25, -0.2) is 4.79 Å². The van der Waals surface area contributed by atoms with Gasteiger partial charge in [-0.3, -0.25) is 19.2 Å². The van der Waals surface area contributed by atoms with Crippen molar-refractivity contribution in [2.24, 2.45) is 5.73 Å². The van der Waals surface area contributed by atoms with Gasteiger partial charge in [0.15, 0.2) is 0 Å². The topological polar surface area (TPSA) is 215 Å². The van der Waals surface area contributed by atoms with Crippen molar-refractivity contribution in [1.82, 2.24) is 10.6 Å². The van der Waals surface area contributed by atoms with Crippen LogP contribution in [0.1, 0.15) is 18.4 Å². The Morgan fingerprint density at radius 1 is 1.18 bits per heavy atom. The number of nitrogens with two attached hydrogens (primary N) is 2. The first-order chi connectivity index (χ1) is 15.4. The summed E-state index contributed by atoms with van der Waals surface area (Å²) in [6.45, 7) is 1.30. The number of carboxylic acids is 2. The summed E-state index contributed by atoms with van der Waals surface area (Å²) in [6.07, 6.45) is -0.235. The highest BCUT2D eigenvalue weighted by atomic mass is 32.1. The second kappa shape index (κ2) is 13.1. The lowest BCUT2D eigenvalue weighted by Crippen LogP contribution is -2.49. The number of carbonyl (C=O) groups excluding carboxylic acids is 2. The number of aliphatic carboxylic acids is 2. The maximum Gasteiger partial charge on any atom is 0.336 e. The minimum atomic E-state index is -1.22. The quantitative estimate of drug-likeness (QED) is 0.138. The summed E-state index contributed by atoms with van der Waals surface area (Å²) in [6, 6.07) is 4.61. The van der Waals surface area contributed by atoms with E-state index in [4.69, 9.17) is 26.1 Å². The third-order valence-electron chi connectivity index (χ3n) is 4.22. The average molecular weight is 483 g/mol. The third kappa shape index (κ3) is 9.62. The molecule has 2 atom stereocenters. The number of aryl methyl sites for hydroxylation is 1. The summed E-state index contributed by atoms with van der Waals surface area (Å²) in [5.74, 6) is -3.70. The van der Waals surface area contributed by atoms with E-state index in [1.807, 2.05) is 13.0 Å². The number of fused-ring (bicyclic) bond motifs is 1. The standard InChI is InChI=1S/C10H17N3O6S.C10H9NO2/c11-5(10(18)19)1-2-7(14)13-6(4-20)9(17)12-3-8(15)16;1-6-4-10(12)13-9-5-7(11)2-3-8(6)9/h5-6,20H,1-4,11H2,(H,12,17)(H,13,14)(H,15,16)(H,18,19);2-5H,11H2,1H3. The van der Waals surface area contributed by atoms with E-state index in [1.165, 1.54) is 6.07 Å². The number of thiol groups is 1. The lowest BCUT2D eigenvalue weighted by atomic mass is 10.1. The van der Waals surface area contributed by atoms with Crippen molar-refractivity contribution in [3.05, 3.63) is 40.2 Å². The number of benzene rings is 1. The number of carboxylic acid groups (broad SMARTS) is 2. The van der Waals surface area contributed by atoms with Crippen LogP contribution in [0.15, 0.2) is 33.5 Å². The molecule has 1 heterocycles. The predicted molar refractivity (Wildman–Crippen MR) is 123 cm³/mol. The first-order valence-corrected chi connectivity index (χ1v) is 10.3. The average Bonchev–Trinajstić information content (AvgIpc) is 2.73. The molecule has 1 aromatic heterocycles. The van der Waals surface area contributed by atoms with Gasteiger partial charge in [0, 0.05) is 35.4 Å². The van der Waals surface area contributed by atoms with E-state index < -0.39 is 42.4 Å². The molecular formula is C20H26N4O8S. The first kappa shape index (κ1) is 27.5. The molecule has 0 aliphatic carbocycles. The Kier molecular flexibility index (Phi) is 10.9. The van der Waals surface area contributed by atoms with E-state index >= 15 is 0 Å². The Morgan fingerprint density at radius 3 is 2.42 bits per heavy atom. The van der Waals surface area contributed by atoms with Crippen LogP contribution in [-0.2, 0) is 19.2 Å². The molecule has 2 unspecified atom stereocenters. The molecule has 0 bridgehead atoms. The first-order valence-electron chi connectivity index (χ1n) is 9.62. The monoisotopic (exact) mass is 482 g/mol. The SMILES string of the molecule is Cc1cc(=O)oc2cc(N)ccc12.NC(CCC(=O)NC(CS)C(=O)NCC(=O)O)C(=O)O. The Morgan fingerprint density at radius 2 is 1.85 bits per heavy atom.